The van der Waals surface area contributed by atoms with Crippen LogP contribution in [0.1, 0.15) is 21.6 Å². The average Bonchev–Trinajstić information content (AvgIpc) is 2.46. The summed E-state index contributed by atoms with van der Waals surface area (Å²) in [6.07, 6.45) is 2.27. The molecule has 2 rings (SSSR count). The first-order valence-corrected chi connectivity index (χ1v) is 5.83. The van der Waals surface area contributed by atoms with E-state index in [1.807, 2.05) is 6.07 Å². The van der Waals surface area contributed by atoms with Gasteiger partial charge in [0, 0.05) is 11.8 Å². The van der Waals surface area contributed by atoms with Crippen molar-refractivity contribution in [1.29, 1.82) is 5.26 Å². The molecule has 0 saturated heterocycles. The molecule has 0 aliphatic heterocycles. The Bertz CT molecular complexity index is 650. The Kier molecular flexibility index (Phi) is 4.11. The molecule has 5 heteroatoms. The average molecular weight is 273 g/mol. The van der Waals surface area contributed by atoms with Gasteiger partial charge in [-0.15, -0.1) is 0 Å². The quantitative estimate of drug-likeness (QED) is 0.803. The predicted molar refractivity (Wildman–Crippen MR) is 70.1 cm³/mol. The fourth-order valence-electron chi connectivity index (χ4n) is 1.49. The molecule has 0 amide bonds. The van der Waals surface area contributed by atoms with Crippen molar-refractivity contribution in [1.82, 2.24) is 4.98 Å². The Morgan fingerprint density at radius 1 is 1.37 bits per heavy atom. The van der Waals surface area contributed by atoms with Crippen LogP contribution in [0.25, 0.3) is 0 Å². The lowest BCUT2D eigenvalue weighted by Crippen LogP contribution is -1.97. The number of benzene rings is 1. The third-order valence-electron chi connectivity index (χ3n) is 2.43. The summed E-state index contributed by atoms with van der Waals surface area (Å²) in [5.74, 6) is 0.489. The van der Waals surface area contributed by atoms with Crippen LogP contribution in [0.15, 0.2) is 36.5 Å². The summed E-state index contributed by atoms with van der Waals surface area (Å²) < 4.78 is 5.54. The Balaban J connectivity index is 2.10. The zero-order valence-corrected chi connectivity index (χ0v) is 10.6. The molecule has 1 heterocycles. The lowest BCUT2D eigenvalue weighted by atomic mass is 10.2. The van der Waals surface area contributed by atoms with Gasteiger partial charge in [0.2, 0.25) is 0 Å². The van der Waals surface area contributed by atoms with Crippen LogP contribution in [0, 0.1) is 11.3 Å². The molecule has 0 spiro atoms. The second-order valence-corrected chi connectivity index (χ2v) is 4.16. The normalized spacial score (nSPS) is 9.68. The summed E-state index contributed by atoms with van der Waals surface area (Å²) in [7, 11) is 0. The first kappa shape index (κ1) is 13.1. The van der Waals surface area contributed by atoms with Crippen LogP contribution in [0.4, 0.5) is 0 Å². The maximum Gasteiger partial charge on any atom is 0.150 e. The van der Waals surface area contributed by atoms with Crippen LogP contribution < -0.4 is 4.74 Å². The van der Waals surface area contributed by atoms with Crippen LogP contribution in [-0.4, -0.2) is 11.3 Å². The second-order valence-electron chi connectivity index (χ2n) is 3.76. The number of hydrogen-bond donors (Lipinski definition) is 0. The van der Waals surface area contributed by atoms with Gasteiger partial charge in [-0.25, -0.2) is 4.98 Å². The molecule has 4 nitrogen and oxygen atoms in total. The van der Waals surface area contributed by atoms with Crippen molar-refractivity contribution in [2.24, 2.45) is 0 Å². The Morgan fingerprint density at radius 3 is 2.89 bits per heavy atom. The number of carbonyl (C=O) groups is 1. The molecule has 0 N–H and O–H groups in total. The molecule has 1 aromatic carbocycles. The molecular formula is C14H9ClN2O2. The van der Waals surface area contributed by atoms with E-state index >= 15 is 0 Å². The van der Waals surface area contributed by atoms with Gasteiger partial charge < -0.3 is 4.74 Å². The monoisotopic (exact) mass is 272 g/mol. The first-order chi connectivity index (χ1) is 9.22. The molecule has 94 valence electrons. The fraction of sp³-hybridized carbons (Fsp3) is 0.0714. The lowest BCUT2D eigenvalue weighted by molar-refractivity contribution is 0.112. The first-order valence-electron chi connectivity index (χ1n) is 5.45. The molecule has 0 fully saturated rings. The minimum Gasteiger partial charge on any atom is -0.487 e. The van der Waals surface area contributed by atoms with E-state index in [0.717, 1.165) is 11.8 Å². The zero-order valence-electron chi connectivity index (χ0n) is 9.84. The van der Waals surface area contributed by atoms with Crippen molar-refractivity contribution < 1.29 is 9.53 Å². The standard InChI is InChI=1S/C14H9ClN2O2/c15-13-6-10(8-18)1-2-14(13)19-9-11-3-4-17-12(5-11)7-16/h1-6,8H,9H2. The molecule has 0 bridgehead atoms. The van der Waals surface area contributed by atoms with Crippen LogP contribution in [0.5, 0.6) is 5.75 Å². The number of aromatic nitrogens is 1. The minimum absolute atomic E-state index is 0.275. The van der Waals surface area contributed by atoms with Crippen LogP contribution in [-0.2, 0) is 6.61 Å². The number of pyridine rings is 1. The SMILES string of the molecule is N#Cc1cc(COc2ccc(C=O)cc2Cl)ccn1. The Morgan fingerprint density at radius 2 is 2.21 bits per heavy atom. The number of rotatable bonds is 4. The highest BCUT2D eigenvalue weighted by molar-refractivity contribution is 6.32. The van der Waals surface area contributed by atoms with Crippen molar-refractivity contribution in [3.8, 4) is 11.8 Å². The maximum atomic E-state index is 10.6. The number of aldehydes is 1. The summed E-state index contributed by atoms with van der Waals surface area (Å²) in [4.78, 5) is 14.5. The number of hydrogen-bond acceptors (Lipinski definition) is 4. The van der Waals surface area contributed by atoms with Crippen LogP contribution in [0.3, 0.4) is 0 Å². The molecule has 0 saturated carbocycles. The summed E-state index contributed by atoms with van der Waals surface area (Å²) >= 11 is 5.98. The number of halogens is 1. The van der Waals surface area contributed by atoms with Crippen LogP contribution in [0.2, 0.25) is 5.02 Å². The predicted octanol–water partition coefficient (Wildman–Crippen LogP) is 3.00. The molecular weight excluding hydrogens is 264 g/mol. The number of nitriles is 1. The van der Waals surface area contributed by atoms with E-state index < -0.39 is 0 Å². The second kappa shape index (κ2) is 5.98. The Labute approximate surface area is 115 Å². The summed E-state index contributed by atoms with van der Waals surface area (Å²) in [6.45, 7) is 0.275. The van der Waals surface area contributed by atoms with Gasteiger partial charge in [0.25, 0.3) is 0 Å². The smallest absolute Gasteiger partial charge is 0.150 e. The molecule has 19 heavy (non-hydrogen) atoms. The van der Waals surface area contributed by atoms with E-state index in [2.05, 4.69) is 4.98 Å². The van der Waals surface area contributed by atoms with E-state index in [0.29, 0.717) is 22.0 Å². The fourth-order valence-corrected chi connectivity index (χ4v) is 1.74. The molecule has 2 aromatic rings. The van der Waals surface area contributed by atoms with Crippen molar-refractivity contribution in [2.75, 3.05) is 0 Å². The van der Waals surface area contributed by atoms with Crippen molar-refractivity contribution in [3.05, 3.63) is 58.4 Å². The molecule has 0 aliphatic rings. The van der Waals surface area contributed by atoms with Gasteiger partial charge in [-0.3, -0.25) is 4.79 Å². The highest BCUT2D eigenvalue weighted by Gasteiger charge is 2.04. The van der Waals surface area contributed by atoms with Crippen molar-refractivity contribution in [3.63, 3.8) is 0 Å². The molecule has 0 radical (unpaired) electrons. The molecule has 0 atom stereocenters. The van der Waals surface area contributed by atoms with E-state index in [9.17, 15) is 4.79 Å². The van der Waals surface area contributed by atoms with Gasteiger partial charge in [0.1, 0.15) is 30.4 Å². The number of nitrogens with zero attached hydrogens (tertiary/aromatic N) is 2. The highest BCUT2D eigenvalue weighted by Crippen LogP contribution is 2.25. The van der Waals surface area contributed by atoms with Gasteiger partial charge in [0.15, 0.2) is 0 Å². The topological polar surface area (TPSA) is 63.0 Å². The third kappa shape index (κ3) is 3.30. The summed E-state index contributed by atoms with van der Waals surface area (Å²) in [5.41, 5.74) is 1.65. The van der Waals surface area contributed by atoms with Crippen molar-refractivity contribution in [2.45, 2.75) is 6.61 Å². The molecule has 0 unspecified atom stereocenters. The van der Waals surface area contributed by atoms with E-state index in [4.69, 9.17) is 21.6 Å². The van der Waals surface area contributed by atoms with E-state index in [-0.39, 0.29) is 6.61 Å². The number of carbonyl (C=O) groups excluding carboxylic acids is 1. The largest absolute Gasteiger partial charge is 0.487 e. The van der Waals surface area contributed by atoms with Crippen LogP contribution >= 0.6 is 11.6 Å². The zero-order chi connectivity index (χ0) is 13.7. The summed E-state index contributed by atoms with van der Waals surface area (Å²) in [6, 6.07) is 10.2. The number of ether oxygens (including phenoxy) is 1. The van der Waals surface area contributed by atoms with Gasteiger partial charge in [0.05, 0.1) is 5.02 Å². The highest BCUT2D eigenvalue weighted by atomic mass is 35.5. The summed E-state index contributed by atoms with van der Waals surface area (Å²) in [5, 5.41) is 9.12. The Hall–Kier alpha value is -2.38. The molecule has 1 aromatic heterocycles. The van der Waals surface area contributed by atoms with E-state index in [1.54, 1.807) is 30.5 Å². The molecule has 0 aliphatic carbocycles. The lowest BCUT2D eigenvalue weighted by Gasteiger charge is -2.08. The third-order valence-corrected chi connectivity index (χ3v) is 2.72. The van der Waals surface area contributed by atoms with Gasteiger partial charge >= 0.3 is 0 Å². The van der Waals surface area contributed by atoms with Gasteiger partial charge in [-0.05, 0) is 35.9 Å². The van der Waals surface area contributed by atoms with Gasteiger partial charge in [-0.2, -0.15) is 5.26 Å². The minimum atomic E-state index is 0.275. The maximum absolute atomic E-state index is 10.6. The van der Waals surface area contributed by atoms with E-state index in [1.165, 1.54) is 6.07 Å². The van der Waals surface area contributed by atoms with Gasteiger partial charge in [-0.1, -0.05) is 11.6 Å². The van der Waals surface area contributed by atoms with Crippen molar-refractivity contribution >= 4 is 17.9 Å².